The number of rotatable bonds is 4. The van der Waals surface area contributed by atoms with Crippen LogP contribution >= 0.6 is 0 Å². The van der Waals surface area contributed by atoms with Gasteiger partial charge in [-0.1, -0.05) is 18.2 Å². The molecule has 0 radical (unpaired) electrons. The first-order valence-electron chi connectivity index (χ1n) is 11.0. The summed E-state index contributed by atoms with van der Waals surface area (Å²) in [5, 5.41) is 4.93. The summed E-state index contributed by atoms with van der Waals surface area (Å²) in [7, 11) is 0. The Balaban J connectivity index is 1.36. The lowest BCUT2D eigenvalue weighted by atomic mass is 10.0. The van der Waals surface area contributed by atoms with E-state index in [1.807, 2.05) is 47.1 Å². The number of hydrogen-bond acceptors (Lipinski definition) is 6. The van der Waals surface area contributed by atoms with E-state index < -0.39 is 0 Å². The van der Waals surface area contributed by atoms with Crippen LogP contribution in [0.3, 0.4) is 0 Å². The van der Waals surface area contributed by atoms with E-state index in [4.69, 9.17) is 15.8 Å². The minimum absolute atomic E-state index is 0.111. The van der Waals surface area contributed by atoms with E-state index in [1.54, 1.807) is 12.1 Å². The molecule has 2 fully saturated rings. The zero-order valence-electron chi connectivity index (χ0n) is 17.6. The van der Waals surface area contributed by atoms with Crippen LogP contribution in [0.25, 0.3) is 17.0 Å². The molecule has 162 valence electrons. The van der Waals surface area contributed by atoms with Crippen LogP contribution in [0, 0.1) is 5.82 Å². The van der Waals surface area contributed by atoms with Crippen molar-refractivity contribution in [1.82, 2.24) is 19.6 Å². The van der Waals surface area contributed by atoms with Gasteiger partial charge in [-0.3, -0.25) is 0 Å². The number of benzene rings is 1. The Morgan fingerprint density at radius 3 is 2.72 bits per heavy atom. The van der Waals surface area contributed by atoms with Crippen molar-refractivity contribution < 1.29 is 4.39 Å². The van der Waals surface area contributed by atoms with Crippen LogP contribution < -0.4 is 15.5 Å². The van der Waals surface area contributed by atoms with Gasteiger partial charge in [0, 0.05) is 25.7 Å². The van der Waals surface area contributed by atoms with Crippen LogP contribution in [0.5, 0.6) is 0 Å². The molecule has 1 atom stereocenters. The van der Waals surface area contributed by atoms with Crippen LogP contribution in [0.1, 0.15) is 24.4 Å². The quantitative estimate of drug-likeness (QED) is 0.536. The van der Waals surface area contributed by atoms with E-state index in [0.717, 1.165) is 66.7 Å². The first-order chi connectivity index (χ1) is 15.7. The summed E-state index contributed by atoms with van der Waals surface area (Å²) < 4.78 is 15.7. The van der Waals surface area contributed by atoms with Crippen molar-refractivity contribution >= 4 is 17.3 Å². The second-order valence-corrected chi connectivity index (χ2v) is 8.56. The van der Waals surface area contributed by atoms with Gasteiger partial charge in [-0.2, -0.15) is 0 Å². The standard InChI is InChI=1S/C24H24FN7/c25-17-5-1-4-16(12-17)20-7-3-11-31(20)24-10-9-22-27-13-21(32(22)29-24)19-6-2-8-23(28-19)30-14-18(26)15-30/h1-2,4-6,8-10,12-13,18,20H,3,7,11,14-15,26H2/t20-/m1/s1. The maximum Gasteiger partial charge on any atom is 0.154 e. The van der Waals surface area contributed by atoms with Gasteiger partial charge >= 0.3 is 0 Å². The van der Waals surface area contributed by atoms with Crippen molar-refractivity contribution in [1.29, 1.82) is 0 Å². The number of pyridine rings is 1. The number of hydrogen-bond donors (Lipinski definition) is 1. The fraction of sp³-hybridized carbons (Fsp3) is 0.292. The summed E-state index contributed by atoms with van der Waals surface area (Å²) in [6, 6.07) is 17.2. The molecule has 2 aliphatic rings. The molecule has 0 unspecified atom stereocenters. The van der Waals surface area contributed by atoms with Gasteiger partial charge in [0.05, 0.1) is 17.9 Å². The third kappa shape index (κ3) is 3.27. The third-order valence-corrected chi connectivity index (χ3v) is 6.36. The Hall–Kier alpha value is -3.52. The van der Waals surface area contributed by atoms with Crippen molar-refractivity contribution in [3.05, 3.63) is 72.2 Å². The predicted octanol–water partition coefficient (Wildman–Crippen LogP) is 3.42. The molecule has 0 bridgehead atoms. The lowest BCUT2D eigenvalue weighted by Crippen LogP contribution is -2.56. The Morgan fingerprint density at radius 1 is 1.00 bits per heavy atom. The van der Waals surface area contributed by atoms with E-state index in [9.17, 15) is 4.39 Å². The highest BCUT2D eigenvalue weighted by Crippen LogP contribution is 2.35. The molecule has 2 N–H and O–H groups in total. The molecule has 8 heteroatoms. The largest absolute Gasteiger partial charge is 0.353 e. The first kappa shape index (κ1) is 19.2. The minimum atomic E-state index is -0.205. The van der Waals surface area contributed by atoms with Gasteiger partial charge in [0.25, 0.3) is 0 Å². The Kier molecular flexibility index (Phi) is 4.53. The molecule has 0 amide bonds. The van der Waals surface area contributed by atoms with Gasteiger partial charge in [-0.05, 0) is 54.8 Å². The second-order valence-electron chi connectivity index (χ2n) is 8.56. The number of aromatic nitrogens is 4. The van der Waals surface area contributed by atoms with Crippen LogP contribution in [-0.2, 0) is 0 Å². The molecule has 5 heterocycles. The van der Waals surface area contributed by atoms with E-state index in [1.165, 1.54) is 6.07 Å². The number of nitrogens with two attached hydrogens (primary N) is 1. The zero-order valence-corrected chi connectivity index (χ0v) is 17.6. The maximum atomic E-state index is 13.8. The fourth-order valence-electron chi connectivity index (χ4n) is 4.73. The average Bonchev–Trinajstić information content (AvgIpc) is 3.44. The molecule has 0 saturated carbocycles. The number of halogens is 1. The van der Waals surface area contributed by atoms with E-state index in [2.05, 4.69) is 14.8 Å². The predicted molar refractivity (Wildman–Crippen MR) is 122 cm³/mol. The SMILES string of the molecule is NC1CN(c2cccc(-c3cnc4ccc(N5CCC[C@@H]5c5cccc(F)c5)nn34)n2)C1. The van der Waals surface area contributed by atoms with Crippen molar-refractivity contribution in [2.45, 2.75) is 24.9 Å². The molecule has 6 rings (SSSR count). The summed E-state index contributed by atoms with van der Waals surface area (Å²) in [6.45, 7) is 2.53. The monoisotopic (exact) mass is 429 g/mol. The average molecular weight is 430 g/mol. The molecule has 2 saturated heterocycles. The normalized spacial score (nSPS) is 19.0. The van der Waals surface area contributed by atoms with Crippen molar-refractivity contribution in [3.8, 4) is 11.4 Å². The van der Waals surface area contributed by atoms with Crippen molar-refractivity contribution in [3.63, 3.8) is 0 Å². The van der Waals surface area contributed by atoms with Gasteiger partial charge in [0.1, 0.15) is 23.1 Å². The smallest absolute Gasteiger partial charge is 0.154 e. The van der Waals surface area contributed by atoms with Crippen LogP contribution in [0.2, 0.25) is 0 Å². The van der Waals surface area contributed by atoms with Crippen LogP contribution in [0.15, 0.2) is 60.8 Å². The maximum absolute atomic E-state index is 13.8. The Bertz CT molecular complexity index is 1280. The fourth-order valence-corrected chi connectivity index (χ4v) is 4.73. The molecule has 32 heavy (non-hydrogen) atoms. The molecule has 2 aliphatic heterocycles. The van der Waals surface area contributed by atoms with Gasteiger partial charge in [0.2, 0.25) is 0 Å². The Morgan fingerprint density at radius 2 is 1.88 bits per heavy atom. The summed E-state index contributed by atoms with van der Waals surface area (Å²) in [6.07, 6.45) is 3.83. The van der Waals surface area contributed by atoms with Gasteiger partial charge in [0.15, 0.2) is 5.65 Å². The van der Waals surface area contributed by atoms with E-state index in [-0.39, 0.29) is 17.9 Å². The summed E-state index contributed by atoms with van der Waals surface area (Å²) in [5.41, 5.74) is 9.35. The topological polar surface area (TPSA) is 75.6 Å². The zero-order chi connectivity index (χ0) is 21.7. The molecule has 1 aromatic carbocycles. The van der Waals surface area contributed by atoms with Crippen molar-refractivity contribution in [2.24, 2.45) is 5.73 Å². The lowest BCUT2D eigenvalue weighted by Gasteiger charge is -2.37. The van der Waals surface area contributed by atoms with Gasteiger partial charge < -0.3 is 15.5 Å². The molecule has 0 aliphatic carbocycles. The Labute approximate surface area is 185 Å². The van der Waals surface area contributed by atoms with E-state index >= 15 is 0 Å². The number of imidazole rings is 1. The first-order valence-corrected chi connectivity index (χ1v) is 11.0. The molecule has 3 aromatic heterocycles. The lowest BCUT2D eigenvalue weighted by molar-refractivity contribution is 0.515. The van der Waals surface area contributed by atoms with Crippen molar-refractivity contribution in [2.75, 3.05) is 29.4 Å². The van der Waals surface area contributed by atoms with E-state index in [0.29, 0.717) is 0 Å². The second kappa shape index (κ2) is 7.56. The summed E-state index contributed by atoms with van der Waals surface area (Å²) in [4.78, 5) is 13.8. The van der Waals surface area contributed by atoms with Gasteiger partial charge in [-0.15, -0.1) is 5.10 Å². The van der Waals surface area contributed by atoms with Crippen LogP contribution in [-0.4, -0.2) is 45.3 Å². The van der Waals surface area contributed by atoms with Gasteiger partial charge in [-0.25, -0.2) is 18.9 Å². The molecular formula is C24H24FN7. The van der Waals surface area contributed by atoms with Crippen LogP contribution in [0.4, 0.5) is 16.0 Å². The molecule has 0 spiro atoms. The molecule has 7 nitrogen and oxygen atoms in total. The highest BCUT2D eigenvalue weighted by molar-refractivity contribution is 5.63. The summed E-state index contributed by atoms with van der Waals surface area (Å²) >= 11 is 0. The third-order valence-electron chi connectivity index (χ3n) is 6.36. The molecule has 4 aromatic rings. The summed E-state index contributed by atoms with van der Waals surface area (Å²) in [5.74, 6) is 1.57. The highest BCUT2D eigenvalue weighted by atomic mass is 19.1. The number of fused-ring (bicyclic) bond motifs is 1. The highest BCUT2D eigenvalue weighted by Gasteiger charge is 2.28. The number of nitrogens with zero attached hydrogens (tertiary/aromatic N) is 6. The molecular weight excluding hydrogens is 405 g/mol. The minimum Gasteiger partial charge on any atom is -0.353 e. The number of anilines is 2.